The van der Waals surface area contributed by atoms with E-state index < -0.39 is 0 Å². The van der Waals surface area contributed by atoms with Gasteiger partial charge in [-0.25, -0.2) is 17.7 Å². The molecule has 0 amide bonds. The van der Waals surface area contributed by atoms with Crippen LogP contribution in [0.15, 0.2) is 29.8 Å². The summed E-state index contributed by atoms with van der Waals surface area (Å²) in [5.41, 5.74) is 3.61. The van der Waals surface area contributed by atoms with Gasteiger partial charge >= 0.3 is 18.6 Å². The first-order chi connectivity index (χ1) is 6.25. The summed E-state index contributed by atoms with van der Waals surface area (Å²) in [5, 5.41) is 0. The number of hydrogen-bond acceptors (Lipinski definition) is 0. The second kappa shape index (κ2) is 25.2. The monoisotopic (exact) mass is 666 g/mol. The quantitative estimate of drug-likeness (QED) is 0.434. The predicted octanol–water partition coefficient (Wildman–Crippen LogP) is 3.51. The maximum absolute atomic E-state index is 3.70. The van der Waals surface area contributed by atoms with Crippen LogP contribution in [0.5, 0.6) is 0 Å². The van der Waals surface area contributed by atoms with Crippen molar-refractivity contribution < 1.29 is 182 Å². The van der Waals surface area contributed by atoms with E-state index in [0.717, 1.165) is 5.56 Å². The molecule has 0 spiro atoms. The molecule has 1 aromatic rings. The first kappa shape index (κ1) is 39.1. The molecule has 0 saturated heterocycles. The smallest absolute Gasteiger partial charge is 0.548 e. The van der Waals surface area contributed by atoms with Gasteiger partial charge in [-0.05, 0) is 0 Å². The van der Waals surface area contributed by atoms with Gasteiger partial charge < -0.3 is 25.3 Å². The Kier molecular flexibility index (Phi) is 51.9. The van der Waals surface area contributed by atoms with Crippen LogP contribution < -0.4 is 0 Å². The van der Waals surface area contributed by atoms with E-state index in [1.54, 1.807) is 0 Å². The van der Waals surface area contributed by atoms with E-state index in [4.69, 9.17) is 0 Å². The van der Waals surface area contributed by atoms with Crippen LogP contribution in [0.25, 0.3) is 5.57 Å². The summed E-state index contributed by atoms with van der Waals surface area (Å²) in [4.78, 5) is 0. The maximum atomic E-state index is 3.70. The number of allylic oxidation sites excluding steroid dienone is 2. The van der Waals surface area contributed by atoms with Gasteiger partial charge in [-0.3, -0.25) is 5.56 Å². The third kappa shape index (κ3) is 17.5. The molecule has 0 aromatic heterocycles. The van der Waals surface area contributed by atoms with Crippen molar-refractivity contribution >= 4 is 5.57 Å². The maximum Gasteiger partial charge on any atom is 2.00 e. The zero-order valence-corrected chi connectivity index (χ0v) is 27.1. The molecule has 0 heterocycles. The van der Waals surface area contributed by atoms with E-state index in [9.17, 15) is 0 Å². The Morgan fingerprint density at radius 2 is 1.58 bits per heavy atom. The molecule has 0 aliphatic carbocycles. The van der Waals surface area contributed by atoms with Crippen molar-refractivity contribution in [2.24, 2.45) is 0 Å². The summed E-state index contributed by atoms with van der Waals surface area (Å²) in [6.45, 7) is 7.89. The fraction of sp³-hybridized carbons (Fsp3) is 0.154. The fourth-order valence-corrected chi connectivity index (χ4v) is 1.20. The van der Waals surface area contributed by atoms with Gasteiger partial charge in [0.15, 0.2) is 0 Å². The third-order valence-corrected chi connectivity index (χ3v) is 1.82. The summed E-state index contributed by atoms with van der Waals surface area (Å²) < 4.78 is 0. The normalized spacial score (nSPS) is 6.47. The van der Waals surface area contributed by atoms with Crippen molar-refractivity contribution in [1.29, 1.82) is 0 Å². The Labute approximate surface area is 256 Å². The van der Waals surface area contributed by atoms with Crippen LogP contribution in [0.4, 0.5) is 0 Å². The van der Waals surface area contributed by atoms with Crippen molar-refractivity contribution in [2.75, 3.05) is 0 Å². The standard InChI is InChI=1S/C13H14.V.5Y/c1-4-8-13(11(2)3)12-9-6-5-7-10-12;;;;;;/h4-9H,1H2,2-3H3;;;;;;/q-4;+2;;;;;. The molecule has 1 aromatic carbocycles. The molecule has 0 aliphatic rings. The van der Waals surface area contributed by atoms with Crippen molar-refractivity contribution in [1.82, 2.24) is 0 Å². The SMILES string of the molecule is [CH2-][CH-][CH-]C(=C(C)C)c1[c-]cccc1.[V+2].[Y].[Y].[Y].[Y].[Y]. The average Bonchev–Trinajstić information content (AvgIpc) is 2.15. The Balaban J connectivity index is -0.0000000704. The van der Waals surface area contributed by atoms with Gasteiger partial charge in [0.25, 0.3) is 0 Å². The van der Waals surface area contributed by atoms with Crippen molar-refractivity contribution in [2.45, 2.75) is 13.8 Å². The molecular formula is C13H14VY5-2. The Hall–Kier alpha value is 4.93. The Morgan fingerprint density at radius 3 is 1.89 bits per heavy atom. The van der Waals surface area contributed by atoms with Gasteiger partial charge in [-0.15, -0.1) is 6.07 Å². The zero-order chi connectivity index (χ0) is 9.68. The molecule has 0 fully saturated rings. The molecular weight excluding hydrogens is 652 g/mol. The number of hydrogen-bond donors (Lipinski definition) is 0. The number of benzene rings is 1. The van der Waals surface area contributed by atoms with Gasteiger partial charge in [0.1, 0.15) is 0 Å². The summed E-state index contributed by atoms with van der Waals surface area (Å²) in [6, 6.07) is 11.2. The van der Waals surface area contributed by atoms with Crippen LogP contribution in [0, 0.1) is 25.8 Å². The van der Waals surface area contributed by atoms with E-state index in [0.29, 0.717) is 0 Å². The van der Waals surface area contributed by atoms with E-state index >= 15 is 0 Å². The van der Waals surface area contributed by atoms with Crippen LogP contribution in [0.2, 0.25) is 0 Å². The average molecular weight is 666 g/mol. The van der Waals surface area contributed by atoms with Crippen molar-refractivity contribution in [3.63, 3.8) is 0 Å². The molecule has 6 heteroatoms. The van der Waals surface area contributed by atoms with Gasteiger partial charge in [0.05, 0.1) is 0 Å². The summed E-state index contributed by atoms with van der Waals surface area (Å²) in [6.07, 6.45) is 3.82. The molecule has 0 nitrogen and oxygen atoms in total. The molecule has 88 valence electrons. The van der Waals surface area contributed by atoms with Crippen LogP contribution in [0.3, 0.4) is 0 Å². The first-order valence-electron chi connectivity index (χ1n) is 4.36. The van der Waals surface area contributed by atoms with Crippen LogP contribution in [0.1, 0.15) is 19.4 Å². The molecule has 0 saturated carbocycles. The fourth-order valence-electron chi connectivity index (χ4n) is 1.20. The molecule has 0 aliphatic heterocycles. The third-order valence-electron chi connectivity index (χ3n) is 1.82. The molecule has 6 radical (unpaired) electrons. The minimum absolute atomic E-state index is 0. The summed E-state index contributed by atoms with van der Waals surface area (Å²) >= 11 is 0. The molecule has 1 rings (SSSR count). The minimum atomic E-state index is 0. The van der Waals surface area contributed by atoms with E-state index in [-0.39, 0.29) is 182 Å². The Bertz CT molecular complexity index is 297. The van der Waals surface area contributed by atoms with Crippen molar-refractivity contribution in [3.05, 3.63) is 61.2 Å². The van der Waals surface area contributed by atoms with Crippen LogP contribution in [-0.4, -0.2) is 0 Å². The molecule has 0 N–H and O–H groups in total. The molecule has 0 unspecified atom stereocenters. The second-order valence-corrected chi connectivity index (χ2v) is 3.09. The van der Waals surface area contributed by atoms with Crippen molar-refractivity contribution in [3.8, 4) is 0 Å². The topological polar surface area (TPSA) is 0 Å². The second-order valence-electron chi connectivity index (χ2n) is 3.09. The zero-order valence-electron chi connectivity index (χ0n) is 11.5. The van der Waals surface area contributed by atoms with Gasteiger partial charge in [-0.1, -0.05) is 13.8 Å². The molecule has 19 heavy (non-hydrogen) atoms. The summed E-state index contributed by atoms with van der Waals surface area (Å²) in [7, 11) is 0. The predicted molar refractivity (Wildman–Crippen MR) is 57.5 cm³/mol. The minimum Gasteiger partial charge on any atom is -0.548 e. The van der Waals surface area contributed by atoms with E-state index in [1.165, 1.54) is 11.1 Å². The van der Waals surface area contributed by atoms with Gasteiger partial charge in [0.2, 0.25) is 0 Å². The van der Waals surface area contributed by atoms with Gasteiger partial charge in [-0.2, -0.15) is 12.1 Å². The molecule has 0 bridgehead atoms. The van der Waals surface area contributed by atoms with Crippen LogP contribution >= 0.6 is 0 Å². The van der Waals surface area contributed by atoms with E-state index in [1.807, 2.05) is 31.0 Å². The Morgan fingerprint density at radius 1 is 1.05 bits per heavy atom. The molecule has 0 atom stereocenters. The van der Waals surface area contributed by atoms with E-state index in [2.05, 4.69) is 32.9 Å². The number of rotatable bonds is 3. The summed E-state index contributed by atoms with van der Waals surface area (Å²) in [5.74, 6) is 0. The van der Waals surface area contributed by atoms with Crippen LogP contribution in [-0.2, 0) is 182 Å². The van der Waals surface area contributed by atoms with Gasteiger partial charge in [0, 0.05) is 164 Å². The largest absolute Gasteiger partial charge is 2.00 e. The first-order valence-corrected chi connectivity index (χ1v) is 4.36.